The third-order valence-corrected chi connectivity index (χ3v) is 2.25. The molecule has 0 N–H and O–H groups in total. The third-order valence-electron chi connectivity index (χ3n) is 2.25. The molecule has 0 amide bonds. The predicted octanol–water partition coefficient (Wildman–Crippen LogP) is -0.161. The molecule has 1 heterocycles. The van der Waals surface area contributed by atoms with E-state index in [1.54, 1.807) is 6.92 Å². The van der Waals surface area contributed by atoms with Gasteiger partial charge in [0, 0.05) is 13.1 Å². The van der Waals surface area contributed by atoms with E-state index < -0.39 is 12.1 Å². The van der Waals surface area contributed by atoms with Gasteiger partial charge in [-0.1, -0.05) is 0 Å². The summed E-state index contributed by atoms with van der Waals surface area (Å²) in [6.07, 6.45) is -0.667. The first kappa shape index (κ1) is 12.1. The van der Waals surface area contributed by atoms with Crippen molar-refractivity contribution in [1.29, 1.82) is 0 Å². The minimum absolute atomic E-state index is 0.188. The van der Waals surface area contributed by atoms with Crippen LogP contribution in [0.5, 0.6) is 0 Å². The zero-order valence-corrected chi connectivity index (χ0v) is 9.19. The molecule has 0 aliphatic carbocycles. The van der Waals surface area contributed by atoms with Crippen molar-refractivity contribution in [3.05, 3.63) is 0 Å². The van der Waals surface area contributed by atoms with Crippen LogP contribution in [0.2, 0.25) is 0 Å². The molecule has 1 unspecified atom stereocenters. The second-order valence-electron chi connectivity index (χ2n) is 3.57. The number of ketones is 1. The van der Waals surface area contributed by atoms with Gasteiger partial charge < -0.3 is 14.4 Å². The Labute approximate surface area is 89.3 Å². The standard InChI is InChI=1S/C10H17NO4/c1-3-14-10(13)6-8(12)9-7-11(2)4-5-15-9/h9H,3-7H2,1-2H3. The SMILES string of the molecule is CCOC(=O)CC(=O)C1CN(C)CCO1. The first-order valence-electron chi connectivity index (χ1n) is 5.12. The number of Topliss-reactive ketones (excluding diaryl/α,β-unsaturated/α-hetero) is 1. The van der Waals surface area contributed by atoms with Gasteiger partial charge in [-0.3, -0.25) is 9.59 Å². The molecule has 0 bridgehead atoms. The van der Waals surface area contributed by atoms with E-state index in [1.165, 1.54) is 0 Å². The highest BCUT2D eigenvalue weighted by atomic mass is 16.5. The van der Waals surface area contributed by atoms with Crippen molar-refractivity contribution in [2.45, 2.75) is 19.4 Å². The van der Waals surface area contributed by atoms with Gasteiger partial charge in [-0.25, -0.2) is 0 Å². The largest absolute Gasteiger partial charge is 0.466 e. The number of carbonyl (C=O) groups is 2. The molecular weight excluding hydrogens is 198 g/mol. The van der Waals surface area contributed by atoms with Gasteiger partial charge >= 0.3 is 5.97 Å². The van der Waals surface area contributed by atoms with Crippen LogP contribution >= 0.6 is 0 Å². The maximum atomic E-state index is 11.6. The van der Waals surface area contributed by atoms with Crippen LogP contribution in [0.3, 0.4) is 0 Å². The van der Waals surface area contributed by atoms with Gasteiger partial charge in [0.05, 0.1) is 13.2 Å². The lowest BCUT2D eigenvalue weighted by Gasteiger charge is -2.28. The second kappa shape index (κ2) is 5.82. The topological polar surface area (TPSA) is 55.8 Å². The molecule has 0 aromatic carbocycles. The average molecular weight is 215 g/mol. The lowest BCUT2D eigenvalue weighted by molar-refractivity contribution is -0.149. The van der Waals surface area contributed by atoms with Crippen LogP contribution in [0.15, 0.2) is 0 Å². The zero-order valence-electron chi connectivity index (χ0n) is 9.19. The quantitative estimate of drug-likeness (QED) is 0.482. The van der Waals surface area contributed by atoms with E-state index in [1.807, 2.05) is 11.9 Å². The molecule has 1 saturated heterocycles. The van der Waals surface area contributed by atoms with E-state index in [4.69, 9.17) is 9.47 Å². The summed E-state index contributed by atoms with van der Waals surface area (Å²) in [5.41, 5.74) is 0. The van der Waals surface area contributed by atoms with Gasteiger partial charge in [-0.2, -0.15) is 0 Å². The molecule has 86 valence electrons. The van der Waals surface area contributed by atoms with E-state index in [0.717, 1.165) is 6.54 Å². The van der Waals surface area contributed by atoms with E-state index in [0.29, 0.717) is 19.8 Å². The number of hydrogen-bond acceptors (Lipinski definition) is 5. The fraction of sp³-hybridized carbons (Fsp3) is 0.800. The lowest BCUT2D eigenvalue weighted by Crippen LogP contribution is -2.44. The highest BCUT2D eigenvalue weighted by molar-refractivity contribution is 5.98. The van der Waals surface area contributed by atoms with Crippen LogP contribution in [0, 0.1) is 0 Å². The van der Waals surface area contributed by atoms with Crippen molar-refractivity contribution < 1.29 is 19.1 Å². The van der Waals surface area contributed by atoms with Gasteiger partial charge in [0.2, 0.25) is 0 Å². The van der Waals surface area contributed by atoms with Crippen LogP contribution < -0.4 is 0 Å². The smallest absolute Gasteiger partial charge is 0.313 e. The number of hydrogen-bond donors (Lipinski definition) is 0. The number of morpholine rings is 1. The summed E-state index contributed by atoms with van der Waals surface area (Å²) in [5.74, 6) is -0.667. The Morgan fingerprint density at radius 2 is 2.27 bits per heavy atom. The summed E-state index contributed by atoms with van der Waals surface area (Å²) < 4.78 is 9.99. The first-order valence-corrected chi connectivity index (χ1v) is 5.12. The predicted molar refractivity (Wildman–Crippen MR) is 53.5 cm³/mol. The van der Waals surface area contributed by atoms with Crippen molar-refractivity contribution >= 4 is 11.8 Å². The number of likely N-dealkylation sites (N-methyl/N-ethyl adjacent to an activating group) is 1. The normalized spacial score (nSPS) is 22.4. The maximum Gasteiger partial charge on any atom is 0.313 e. The first-order chi connectivity index (χ1) is 7.13. The molecule has 0 saturated carbocycles. The average Bonchev–Trinajstić information content (AvgIpc) is 2.18. The molecule has 0 spiro atoms. The maximum absolute atomic E-state index is 11.6. The Kier molecular flexibility index (Phi) is 4.71. The fourth-order valence-electron chi connectivity index (χ4n) is 1.44. The summed E-state index contributed by atoms with van der Waals surface area (Å²) in [4.78, 5) is 24.7. The highest BCUT2D eigenvalue weighted by Crippen LogP contribution is 2.06. The van der Waals surface area contributed by atoms with Crippen molar-refractivity contribution in [3.63, 3.8) is 0 Å². The van der Waals surface area contributed by atoms with E-state index in [-0.39, 0.29) is 12.2 Å². The molecule has 1 fully saturated rings. The molecular formula is C10H17NO4. The number of nitrogens with zero attached hydrogens (tertiary/aromatic N) is 1. The molecule has 0 aromatic heterocycles. The fourth-order valence-corrected chi connectivity index (χ4v) is 1.44. The number of carbonyl (C=O) groups excluding carboxylic acids is 2. The number of esters is 1. The molecule has 0 radical (unpaired) electrons. The Bertz CT molecular complexity index is 242. The van der Waals surface area contributed by atoms with Gasteiger partial charge in [0.25, 0.3) is 0 Å². The van der Waals surface area contributed by atoms with Gasteiger partial charge in [-0.05, 0) is 14.0 Å². The van der Waals surface area contributed by atoms with Gasteiger partial charge in [0.15, 0.2) is 5.78 Å². The molecule has 1 aliphatic rings. The van der Waals surface area contributed by atoms with Gasteiger partial charge in [-0.15, -0.1) is 0 Å². The Hall–Kier alpha value is -0.940. The molecule has 1 aliphatic heterocycles. The zero-order chi connectivity index (χ0) is 11.3. The molecule has 5 heteroatoms. The number of rotatable bonds is 4. The van der Waals surface area contributed by atoms with Crippen molar-refractivity contribution in [2.75, 3.05) is 33.4 Å². The van der Waals surface area contributed by atoms with Crippen LogP contribution in [-0.4, -0.2) is 56.1 Å². The van der Waals surface area contributed by atoms with Crippen LogP contribution in [0.1, 0.15) is 13.3 Å². The molecule has 1 rings (SSSR count). The highest BCUT2D eigenvalue weighted by Gasteiger charge is 2.26. The summed E-state index contributed by atoms with van der Waals surface area (Å²) in [5, 5.41) is 0. The van der Waals surface area contributed by atoms with Crippen LogP contribution in [-0.2, 0) is 19.1 Å². The third kappa shape index (κ3) is 3.97. The van der Waals surface area contributed by atoms with Gasteiger partial charge in [0.1, 0.15) is 12.5 Å². The van der Waals surface area contributed by atoms with E-state index in [9.17, 15) is 9.59 Å². The summed E-state index contributed by atoms with van der Waals surface area (Å²) in [6, 6.07) is 0. The summed E-state index contributed by atoms with van der Waals surface area (Å²) >= 11 is 0. The minimum atomic E-state index is -0.479. The molecule has 1 atom stereocenters. The van der Waals surface area contributed by atoms with Crippen LogP contribution in [0.4, 0.5) is 0 Å². The summed E-state index contributed by atoms with van der Waals surface area (Å²) in [7, 11) is 1.92. The van der Waals surface area contributed by atoms with E-state index >= 15 is 0 Å². The molecule has 0 aromatic rings. The molecule has 5 nitrogen and oxygen atoms in total. The number of ether oxygens (including phenoxy) is 2. The Balaban J connectivity index is 2.35. The summed E-state index contributed by atoms with van der Waals surface area (Å²) in [6.45, 7) is 3.93. The van der Waals surface area contributed by atoms with E-state index in [2.05, 4.69) is 0 Å². The lowest BCUT2D eigenvalue weighted by atomic mass is 10.1. The second-order valence-corrected chi connectivity index (χ2v) is 3.57. The molecule has 15 heavy (non-hydrogen) atoms. The monoisotopic (exact) mass is 215 g/mol. The Morgan fingerprint density at radius 1 is 1.53 bits per heavy atom. The van der Waals surface area contributed by atoms with Crippen molar-refractivity contribution in [2.24, 2.45) is 0 Å². The van der Waals surface area contributed by atoms with Crippen LogP contribution in [0.25, 0.3) is 0 Å². The van der Waals surface area contributed by atoms with Crippen molar-refractivity contribution in [1.82, 2.24) is 4.90 Å². The minimum Gasteiger partial charge on any atom is -0.466 e. The van der Waals surface area contributed by atoms with Crippen molar-refractivity contribution in [3.8, 4) is 0 Å². The Morgan fingerprint density at radius 3 is 2.87 bits per heavy atom.